The summed E-state index contributed by atoms with van der Waals surface area (Å²) in [5.74, 6) is -0.329. The highest BCUT2D eigenvalue weighted by Gasteiger charge is 2.27. The third-order valence-corrected chi connectivity index (χ3v) is 6.32. The van der Waals surface area contributed by atoms with Crippen molar-refractivity contribution >= 4 is 39.3 Å². The molecular formula is C20H22ClN3O5S. The van der Waals surface area contributed by atoms with Gasteiger partial charge in [-0.05, 0) is 37.3 Å². The van der Waals surface area contributed by atoms with Crippen LogP contribution in [0.5, 0.6) is 0 Å². The van der Waals surface area contributed by atoms with Crippen LogP contribution >= 0.6 is 11.6 Å². The molecule has 1 N–H and O–H groups in total. The molecule has 30 heavy (non-hydrogen) atoms. The van der Waals surface area contributed by atoms with Gasteiger partial charge in [-0.2, -0.15) is 0 Å². The average molecular weight is 452 g/mol. The number of rotatable bonds is 5. The zero-order valence-corrected chi connectivity index (χ0v) is 17.9. The molecule has 1 aliphatic heterocycles. The normalized spacial score (nSPS) is 14.3. The van der Waals surface area contributed by atoms with Crippen LogP contribution in [-0.2, 0) is 14.8 Å². The Balaban J connectivity index is 1.73. The lowest BCUT2D eigenvalue weighted by Crippen LogP contribution is -2.50. The van der Waals surface area contributed by atoms with Crippen molar-refractivity contribution in [2.75, 3.05) is 37.5 Å². The van der Waals surface area contributed by atoms with Crippen molar-refractivity contribution in [1.82, 2.24) is 9.80 Å². The molecule has 1 fully saturated rings. The summed E-state index contributed by atoms with van der Waals surface area (Å²) in [5.41, 5.74) is 0.422. The topological polar surface area (TPSA) is 96.0 Å². The number of carbonyl (C=O) groups is 2. The smallest absolute Gasteiger partial charge is 0.409 e. The molecule has 8 nitrogen and oxygen atoms in total. The highest BCUT2D eigenvalue weighted by Crippen LogP contribution is 2.24. The van der Waals surface area contributed by atoms with E-state index in [1.165, 1.54) is 30.3 Å². The second-order valence-corrected chi connectivity index (χ2v) is 8.68. The number of amides is 2. The van der Waals surface area contributed by atoms with Crippen molar-refractivity contribution in [3.8, 4) is 0 Å². The van der Waals surface area contributed by atoms with E-state index in [4.69, 9.17) is 16.3 Å². The Morgan fingerprint density at radius 3 is 2.30 bits per heavy atom. The molecule has 0 aliphatic carbocycles. The maximum Gasteiger partial charge on any atom is 0.409 e. The van der Waals surface area contributed by atoms with E-state index in [-0.39, 0.29) is 27.1 Å². The van der Waals surface area contributed by atoms with Gasteiger partial charge in [-0.15, -0.1) is 0 Å². The van der Waals surface area contributed by atoms with Gasteiger partial charge in [-0.25, -0.2) is 13.2 Å². The van der Waals surface area contributed by atoms with Gasteiger partial charge in [0.1, 0.15) is 0 Å². The molecule has 0 radical (unpaired) electrons. The zero-order valence-electron chi connectivity index (χ0n) is 16.4. The summed E-state index contributed by atoms with van der Waals surface area (Å²) in [4.78, 5) is 28.0. The zero-order chi connectivity index (χ0) is 21.7. The first-order valence-corrected chi connectivity index (χ1v) is 11.3. The lowest BCUT2D eigenvalue weighted by Gasteiger charge is -2.34. The first kappa shape index (κ1) is 21.9. The summed E-state index contributed by atoms with van der Waals surface area (Å²) >= 11 is 6.21. The number of halogens is 1. The molecule has 2 amide bonds. The Bertz CT molecular complexity index is 1020. The summed E-state index contributed by atoms with van der Waals surface area (Å²) in [6.45, 7) is 3.38. The summed E-state index contributed by atoms with van der Waals surface area (Å²) in [6.07, 6.45) is -0.403. The van der Waals surface area contributed by atoms with Gasteiger partial charge < -0.3 is 14.5 Å². The van der Waals surface area contributed by atoms with Crippen LogP contribution in [0.15, 0.2) is 53.4 Å². The van der Waals surface area contributed by atoms with E-state index < -0.39 is 16.1 Å². The van der Waals surface area contributed by atoms with E-state index in [9.17, 15) is 18.0 Å². The molecule has 2 aromatic rings. The van der Waals surface area contributed by atoms with Crippen LogP contribution in [0.25, 0.3) is 0 Å². The summed E-state index contributed by atoms with van der Waals surface area (Å²) in [6, 6.07) is 12.3. The first-order chi connectivity index (χ1) is 14.3. The largest absolute Gasteiger partial charge is 0.450 e. The number of carbonyl (C=O) groups excluding carboxylic acids is 2. The molecule has 0 bridgehead atoms. The second kappa shape index (κ2) is 9.36. The number of hydrogen-bond acceptors (Lipinski definition) is 5. The molecule has 0 atom stereocenters. The Hall–Kier alpha value is -2.78. The monoisotopic (exact) mass is 451 g/mol. The van der Waals surface area contributed by atoms with Gasteiger partial charge in [0.25, 0.3) is 15.9 Å². The molecule has 1 aliphatic rings. The SMILES string of the molecule is CCOC(=O)N1CCN(C(=O)c2cc(NS(=O)(=O)c3ccccc3)ccc2Cl)CC1. The van der Waals surface area contributed by atoms with Crippen LogP contribution in [0.3, 0.4) is 0 Å². The minimum absolute atomic E-state index is 0.114. The molecule has 160 valence electrons. The van der Waals surface area contributed by atoms with E-state index in [0.717, 1.165) is 0 Å². The van der Waals surface area contributed by atoms with E-state index in [2.05, 4.69) is 4.72 Å². The third-order valence-electron chi connectivity index (χ3n) is 4.60. The number of benzene rings is 2. The Morgan fingerprint density at radius 2 is 1.67 bits per heavy atom. The van der Waals surface area contributed by atoms with E-state index in [1.807, 2.05) is 0 Å². The number of hydrogen-bond donors (Lipinski definition) is 1. The standard InChI is InChI=1S/C20H22ClN3O5S/c1-2-29-20(26)24-12-10-23(11-13-24)19(25)17-14-15(8-9-18(17)21)22-30(27,28)16-6-4-3-5-7-16/h3-9,14,22H,2,10-13H2,1H3. The molecular weight excluding hydrogens is 430 g/mol. The molecule has 2 aromatic carbocycles. The Morgan fingerprint density at radius 1 is 1.03 bits per heavy atom. The fraction of sp³-hybridized carbons (Fsp3) is 0.300. The van der Waals surface area contributed by atoms with Crippen molar-refractivity contribution in [1.29, 1.82) is 0 Å². The molecule has 0 unspecified atom stereocenters. The van der Waals surface area contributed by atoms with Crippen molar-refractivity contribution in [2.45, 2.75) is 11.8 Å². The summed E-state index contributed by atoms with van der Waals surface area (Å²) in [7, 11) is -3.79. The lowest BCUT2D eigenvalue weighted by atomic mass is 10.1. The van der Waals surface area contributed by atoms with E-state index >= 15 is 0 Å². The number of nitrogens with one attached hydrogen (secondary N) is 1. The minimum atomic E-state index is -3.79. The predicted octanol–water partition coefficient (Wildman–Crippen LogP) is 3.06. The van der Waals surface area contributed by atoms with Crippen LogP contribution in [0.2, 0.25) is 5.02 Å². The maximum atomic E-state index is 12.9. The van der Waals surface area contributed by atoms with Crippen molar-refractivity contribution in [2.24, 2.45) is 0 Å². The first-order valence-electron chi connectivity index (χ1n) is 9.40. The van der Waals surface area contributed by atoms with Crippen molar-refractivity contribution < 1.29 is 22.7 Å². The second-order valence-electron chi connectivity index (χ2n) is 6.59. The number of sulfonamides is 1. The van der Waals surface area contributed by atoms with E-state index in [0.29, 0.717) is 32.8 Å². The van der Waals surface area contributed by atoms with Gasteiger partial charge in [-0.1, -0.05) is 29.8 Å². The fourth-order valence-corrected chi connectivity index (χ4v) is 4.31. The Kier molecular flexibility index (Phi) is 6.84. The highest BCUT2D eigenvalue weighted by atomic mass is 35.5. The van der Waals surface area contributed by atoms with Crippen LogP contribution in [0.1, 0.15) is 17.3 Å². The highest BCUT2D eigenvalue weighted by molar-refractivity contribution is 7.92. The lowest BCUT2D eigenvalue weighted by molar-refractivity contribution is 0.0570. The fourth-order valence-electron chi connectivity index (χ4n) is 3.04. The molecule has 0 spiro atoms. The molecule has 1 saturated heterocycles. The average Bonchev–Trinajstić information content (AvgIpc) is 2.75. The number of ether oxygens (including phenoxy) is 1. The van der Waals surface area contributed by atoms with E-state index in [1.54, 1.807) is 34.9 Å². The van der Waals surface area contributed by atoms with Crippen LogP contribution in [-0.4, -0.2) is 63.0 Å². The van der Waals surface area contributed by atoms with Gasteiger partial charge >= 0.3 is 6.09 Å². The van der Waals surface area contributed by atoms with Gasteiger partial charge in [0.2, 0.25) is 0 Å². The summed E-state index contributed by atoms with van der Waals surface area (Å²) < 4.78 is 32.5. The maximum absolute atomic E-state index is 12.9. The van der Waals surface area contributed by atoms with Crippen molar-refractivity contribution in [3.63, 3.8) is 0 Å². The number of piperazine rings is 1. The number of nitrogens with zero attached hydrogens (tertiary/aromatic N) is 2. The van der Waals surface area contributed by atoms with Crippen LogP contribution in [0, 0.1) is 0 Å². The van der Waals surface area contributed by atoms with Gasteiger partial charge in [-0.3, -0.25) is 9.52 Å². The van der Waals surface area contributed by atoms with Crippen molar-refractivity contribution in [3.05, 3.63) is 59.1 Å². The van der Waals surface area contributed by atoms with Gasteiger partial charge in [0, 0.05) is 31.9 Å². The van der Waals surface area contributed by atoms with Gasteiger partial charge in [0.05, 0.1) is 22.1 Å². The third kappa shape index (κ3) is 5.03. The molecule has 1 heterocycles. The predicted molar refractivity (Wildman–Crippen MR) is 113 cm³/mol. The molecule has 3 rings (SSSR count). The number of anilines is 1. The quantitative estimate of drug-likeness (QED) is 0.753. The van der Waals surface area contributed by atoms with Crippen LogP contribution in [0.4, 0.5) is 10.5 Å². The molecule has 0 saturated carbocycles. The van der Waals surface area contributed by atoms with Crippen LogP contribution < -0.4 is 4.72 Å². The summed E-state index contributed by atoms with van der Waals surface area (Å²) in [5, 5.41) is 0.218. The Labute approximate surface area is 180 Å². The molecule has 10 heteroatoms. The van der Waals surface area contributed by atoms with Gasteiger partial charge in [0.15, 0.2) is 0 Å². The molecule has 0 aromatic heterocycles. The minimum Gasteiger partial charge on any atom is -0.450 e.